The third-order valence-electron chi connectivity index (χ3n) is 3.26. The number of nitrogens with one attached hydrogen (secondary N) is 1. The van der Waals surface area contributed by atoms with Crippen LogP contribution in [-0.4, -0.2) is 20.9 Å². The van der Waals surface area contributed by atoms with Crippen LogP contribution in [0.25, 0.3) is 5.69 Å². The summed E-state index contributed by atoms with van der Waals surface area (Å²) in [6.07, 6.45) is 0. The Bertz CT molecular complexity index is 876. The minimum absolute atomic E-state index is 0.262. The predicted octanol–water partition coefficient (Wildman–Crippen LogP) is 2.70. The van der Waals surface area contributed by atoms with E-state index >= 15 is 0 Å². The molecule has 2 aromatic carbocycles. The summed E-state index contributed by atoms with van der Waals surface area (Å²) in [5.41, 5.74) is 2.73. The molecule has 0 unspecified atom stereocenters. The number of para-hydroxylation sites is 1. The van der Waals surface area contributed by atoms with Gasteiger partial charge in [-0.3, -0.25) is 4.79 Å². The van der Waals surface area contributed by atoms with Crippen molar-refractivity contribution >= 4 is 11.6 Å². The van der Waals surface area contributed by atoms with Crippen LogP contribution in [0.5, 0.6) is 0 Å². The zero-order valence-electron chi connectivity index (χ0n) is 12.4. The number of amides is 1. The molecular formula is C17H13N5O. The van der Waals surface area contributed by atoms with Gasteiger partial charge in [-0.25, -0.2) is 0 Å². The fourth-order valence-corrected chi connectivity index (χ4v) is 2.08. The number of carbonyl (C=O) groups is 1. The molecule has 0 fully saturated rings. The number of anilines is 1. The fraction of sp³-hybridized carbons (Fsp3) is 0.0588. The molecule has 0 saturated heterocycles. The first kappa shape index (κ1) is 14.5. The first-order valence-electron chi connectivity index (χ1n) is 6.98. The number of nitriles is 1. The van der Waals surface area contributed by atoms with Crippen molar-refractivity contribution in [3.8, 4) is 11.8 Å². The Kier molecular flexibility index (Phi) is 3.85. The summed E-state index contributed by atoms with van der Waals surface area (Å²) in [5.74, 6) is -0.339. The molecular weight excluding hydrogens is 290 g/mol. The van der Waals surface area contributed by atoms with Crippen molar-refractivity contribution in [2.75, 3.05) is 5.32 Å². The maximum Gasteiger partial charge on any atom is 0.278 e. The summed E-state index contributed by atoms with van der Waals surface area (Å²) < 4.78 is 0. The molecule has 0 aliphatic rings. The van der Waals surface area contributed by atoms with Crippen molar-refractivity contribution in [1.29, 1.82) is 5.26 Å². The molecule has 1 heterocycles. The van der Waals surface area contributed by atoms with E-state index in [9.17, 15) is 4.79 Å². The predicted molar refractivity (Wildman–Crippen MR) is 85.2 cm³/mol. The third kappa shape index (κ3) is 3.09. The van der Waals surface area contributed by atoms with Crippen molar-refractivity contribution in [3.63, 3.8) is 0 Å². The average Bonchev–Trinajstić information content (AvgIpc) is 2.98. The molecule has 1 amide bonds. The number of rotatable bonds is 3. The second-order valence-corrected chi connectivity index (χ2v) is 4.90. The molecule has 1 N–H and O–H groups in total. The van der Waals surface area contributed by atoms with E-state index in [0.29, 0.717) is 16.9 Å². The lowest BCUT2D eigenvalue weighted by molar-refractivity contribution is 0.102. The third-order valence-corrected chi connectivity index (χ3v) is 3.26. The summed E-state index contributed by atoms with van der Waals surface area (Å²) in [6.45, 7) is 1.74. The molecule has 0 aliphatic heterocycles. The van der Waals surface area contributed by atoms with Gasteiger partial charge in [-0.05, 0) is 43.3 Å². The molecule has 0 spiro atoms. The van der Waals surface area contributed by atoms with E-state index < -0.39 is 0 Å². The summed E-state index contributed by atoms with van der Waals surface area (Å²) in [5, 5.41) is 20.1. The monoisotopic (exact) mass is 303 g/mol. The molecule has 0 aliphatic carbocycles. The van der Waals surface area contributed by atoms with Crippen molar-refractivity contribution in [2.24, 2.45) is 0 Å². The number of aryl methyl sites for hydroxylation is 1. The number of nitrogens with zero attached hydrogens (tertiary/aromatic N) is 4. The van der Waals surface area contributed by atoms with E-state index in [1.807, 2.05) is 36.4 Å². The first-order chi connectivity index (χ1) is 11.2. The number of carbonyl (C=O) groups excluding carboxylic acids is 1. The van der Waals surface area contributed by atoms with Gasteiger partial charge in [0.1, 0.15) is 0 Å². The van der Waals surface area contributed by atoms with E-state index in [1.54, 1.807) is 31.2 Å². The van der Waals surface area contributed by atoms with E-state index in [4.69, 9.17) is 5.26 Å². The highest BCUT2D eigenvalue weighted by atomic mass is 16.2. The van der Waals surface area contributed by atoms with E-state index in [1.165, 1.54) is 4.80 Å². The van der Waals surface area contributed by atoms with Gasteiger partial charge in [-0.1, -0.05) is 18.2 Å². The van der Waals surface area contributed by atoms with Crippen LogP contribution in [0.2, 0.25) is 0 Å². The van der Waals surface area contributed by atoms with Gasteiger partial charge >= 0.3 is 0 Å². The highest BCUT2D eigenvalue weighted by Crippen LogP contribution is 2.13. The lowest BCUT2D eigenvalue weighted by Crippen LogP contribution is -2.14. The lowest BCUT2D eigenvalue weighted by atomic mass is 10.2. The summed E-state index contributed by atoms with van der Waals surface area (Å²) in [6, 6.07) is 18.0. The minimum Gasteiger partial charge on any atom is -0.321 e. The van der Waals surface area contributed by atoms with E-state index in [0.717, 1.165) is 5.69 Å². The highest BCUT2D eigenvalue weighted by Gasteiger charge is 2.16. The molecule has 112 valence electrons. The summed E-state index contributed by atoms with van der Waals surface area (Å²) >= 11 is 0. The second kappa shape index (κ2) is 6.12. The van der Waals surface area contributed by atoms with Gasteiger partial charge in [0, 0.05) is 5.69 Å². The van der Waals surface area contributed by atoms with Gasteiger partial charge in [0.2, 0.25) is 0 Å². The van der Waals surface area contributed by atoms with Crippen molar-refractivity contribution < 1.29 is 4.79 Å². The van der Waals surface area contributed by atoms with Gasteiger partial charge < -0.3 is 5.32 Å². The van der Waals surface area contributed by atoms with Gasteiger partial charge in [-0.15, -0.1) is 5.10 Å². The Morgan fingerprint density at radius 3 is 2.43 bits per heavy atom. The highest BCUT2D eigenvalue weighted by molar-refractivity contribution is 6.03. The van der Waals surface area contributed by atoms with Crippen molar-refractivity contribution in [1.82, 2.24) is 15.0 Å². The van der Waals surface area contributed by atoms with Crippen LogP contribution in [0.4, 0.5) is 5.69 Å². The van der Waals surface area contributed by atoms with Crippen LogP contribution in [0.1, 0.15) is 21.7 Å². The molecule has 1 aromatic heterocycles. The van der Waals surface area contributed by atoms with E-state index in [-0.39, 0.29) is 11.6 Å². The quantitative estimate of drug-likeness (QED) is 0.806. The smallest absolute Gasteiger partial charge is 0.278 e. The number of benzene rings is 2. The number of hydrogen-bond donors (Lipinski definition) is 1. The Balaban J connectivity index is 1.82. The topological polar surface area (TPSA) is 83.6 Å². The van der Waals surface area contributed by atoms with Gasteiger partial charge in [0.25, 0.3) is 5.91 Å². The van der Waals surface area contributed by atoms with Crippen LogP contribution < -0.4 is 5.32 Å². The molecule has 3 aromatic rings. The maximum absolute atomic E-state index is 12.3. The van der Waals surface area contributed by atoms with Crippen LogP contribution in [0.15, 0.2) is 54.6 Å². The Hall–Kier alpha value is -3.46. The molecule has 6 heteroatoms. The van der Waals surface area contributed by atoms with Crippen LogP contribution in [0, 0.1) is 18.3 Å². The molecule has 0 bridgehead atoms. The second-order valence-electron chi connectivity index (χ2n) is 4.90. The summed E-state index contributed by atoms with van der Waals surface area (Å²) in [7, 11) is 0. The Labute approximate surface area is 133 Å². The average molecular weight is 303 g/mol. The van der Waals surface area contributed by atoms with Gasteiger partial charge in [0.15, 0.2) is 5.69 Å². The molecule has 3 rings (SSSR count). The standard InChI is InChI=1S/C17H13N5O/c1-12-16(21-22(20-12)15-5-3-2-4-6-15)17(23)19-14-9-7-13(11-18)8-10-14/h2-10H,1H3,(H,19,23). The SMILES string of the molecule is Cc1nn(-c2ccccc2)nc1C(=O)Nc1ccc(C#N)cc1. The van der Waals surface area contributed by atoms with Crippen LogP contribution in [0.3, 0.4) is 0 Å². The van der Waals surface area contributed by atoms with Gasteiger partial charge in [0.05, 0.1) is 23.0 Å². The zero-order chi connectivity index (χ0) is 16.2. The minimum atomic E-state index is -0.339. The molecule has 6 nitrogen and oxygen atoms in total. The van der Waals surface area contributed by atoms with Crippen LogP contribution >= 0.6 is 0 Å². The molecule has 0 radical (unpaired) electrons. The zero-order valence-corrected chi connectivity index (χ0v) is 12.4. The maximum atomic E-state index is 12.3. The van der Waals surface area contributed by atoms with E-state index in [2.05, 4.69) is 15.5 Å². The molecule has 23 heavy (non-hydrogen) atoms. The largest absolute Gasteiger partial charge is 0.321 e. The lowest BCUT2D eigenvalue weighted by Gasteiger charge is -2.03. The Morgan fingerprint density at radius 1 is 1.09 bits per heavy atom. The van der Waals surface area contributed by atoms with Crippen molar-refractivity contribution in [2.45, 2.75) is 6.92 Å². The molecule has 0 saturated carbocycles. The van der Waals surface area contributed by atoms with Crippen LogP contribution in [-0.2, 0) is 0 Å². The first-order valence-corrected chi connectivity index (χ1v) is 6.98. The fourth-order valence-electron chi connectivity index (χ4n) is 2.08. The number of hydrogen-bond acceptors (Lipinski definition) is 4. The molecule has 0 atom stereocenters. The Morgan fingerprint density at radius 2 is 1.78 bits per heavy atom. The van der Waals surface area contributed by atoms with Gasteiger partial charge in [-0.2, -0.15) is 15.2 Å². The number of aromatic nitrogens is 3. The van der Waals surface area contributed by atoms with Crippen molar-refractivity contribution in [3.05, 3.63) is 71.5 Å². The normalized spacial score (nSPS) is 10.1. The summed E-state index contributed by atoms with van der Waals surface area (Å²) in [4.78, 5) is 13.8.